The maximum absolute atomic E-state index is 14.9. The minimum Gasteiger partial charge on any atom is -0.465 e. The molecule has 1 saturated heterocycles. The Balaban J connectivity index is 1.60. The van der Waals surface area contributed by atoms with E-state index in [4.69, 9.17) is 19.9 Å². The highest BCUT2D eigenvalue weighted by Crippen LogP contribution is 2.46. The van der Waals surface area contributed by atoms with Crippen LogP contribution < -0.4 is 15.8 Å². The highest BCUT2D eigenvalue weighted by atomic mass is 19.1. The summed E-state index contributed by atoms with van der Waals surface area (Å²) in [5.41, 5.74) is 4.87. The molecule has 0 spiro atoms. The van der Waals surface area contributed by atoms with Crippen molar-refractivity contribution in [2.75, 3.05) is 25.2 Å². The van der Waals surface area contributed by atoms with Crippen LogP contribution in [-0.2, 0) is 15.0 Å². The third-order valence-electron chi connectivity index (χ3n) is 5.41. The van der Waals surface area contributed by atoms with E-state index in [9.17, 15) is 18.0 Å². The molecule has 1 aromatic carbocycles. The molecule has 3 N–H and O–H groups in total. The Hall–Kier alpha value is -3.34. The number of halogens is 3. The standard InChI is InChI=1S/C21H21F3N4O4/c1-11(23)32-13-3-5-17(26-8-13)19(29)27-12-2-4-16(24)14(6-12)21-10-31-18(7-22)15(21)9-30-20(25)28-21/h2-6,8,11,15,18H,7,9-10H2,1H3,(H2,25,28)(H,27,29). The van der Waals surface area contributed by atoms with Crippen molar-refractivity contribution in [3.8, 4) is 5.75 Å². The van der Waals surface area contributed by atoms with Crippen LogP contribution in [0.15, 0.2) is 41.5 Å². The fraction of sp³-hybridized carbons (Fsp3) is 0.381. The molecule has 4 atom stereocenters. The number of hydrogen-bond acceptors (Lipinski definition) is 7. The number of nitrogens with one attached hydrogen (secondary N) is 1. The number of pyridine rings is 1. The van der Waals surface area contributed by atoms with E-state index >= 15 is 0 Å². The molecule has 170 valence electrons. The average molecular weight is 450 g/mol. The predicted molar refractivity (Wildman–Crippen MR) is 108 cm³/mol. The molecular weight excluding hydrogens is 429 g/mol. The van der Waals surface area contributed by atoms with E-state index in [0.29, 0.717) is 0 Å². The number of nitrogens with two attached hydrogens (primary N) is 1. The number of aromatic nitrogens is 1. The minimum atomic E-state index is -1.52. The summed E-state index contributed by atoms with van der Waals surface area (Å²) in [6, 6.07) is 6.59. The maximum atomic E-state index is 14.9. The Morgan fingerprint density at radius 1 is 1.41 bits per heavy atom. The van der Waals surface area contributed by atoms with E-state index in [2.05, 4.69) is 15.3 Å². The van der Waals surface area contributed by atoms with Gasteiger partial charge in [-0.15, -0.1) is 0 Å². The number of ether oxygens (including phenoxy) is 3. The van der Waals surface area contributed by atoms with Crippen LogP contribution in [0.5, 0.6) is 5.75 Å². The number of carbonyl (C=O) groups excluding carboxylic acids is 1. The Morgan fingerprint density at radius 3 is 2.91 bits per heavy atom. The number of amidine groups is 1. The molecule has 4 unspecified atom stereocenters. The summed E-state index contributed by atoms with van der Waals surface area (Å²) in [5, 5.41) is 2.63. The van der Waals surface area contributed by atoms with Crippen molar-refractivity contribution in [2.24, 2.45) is 16.6 Å². The van der Waals surface area contributed by atoms with Gasteiger partial charge in [-0.05, 0) is 30.3 Å². The van der Waals surface area contributed by atoms with Gasteiger partial charge in [-0.25, -0.2) is 23.1 Å². The predicted octanol–water partition coefficient (Wildman–Crippen LogP) is 2.69. The van der Waals surface area contributed by atoms with E-state index in [1.54, 1.807) is 0 Å². The third-order valence-corrected chi connectivity index (χ3v) is 5.41. The first-order chi connectivity index (χ1) is 15.3. The lowest BCUT2D eigenvalue weighted by molar-refractivity contribution is 0.0528. The van der Waals surface area contributed by atoms with Crippen LogP contribution in [0.1, 0.15) is 23.0 Å². The molecule has 4 rings (SSSR count). The van der Waals surface area contributed by atoms with Gasteiger partial charge in [-0.3, -0.25) is 4.79 Å². The van der Waals surface area contributed by atoms with Crippen molar-refractivity contribution in [3.05, 3.63) is 53.6 Å². The quantitative estimate of drug-likeness (QED) is 0.701. The summed E-state index contributed by atoms with van der Waals surface area (Å²) < 4.78 is 56.9. The highest BCUT2D eigenvalue weighted by molar-refractivity contribution is 6.02. The van der Waals surface area contributed by atoms with Gasteiger partial charge in [0.05, 0.1) is 31.4 Å². The molecule has 2 aromatic rings. The van der Waals surface area contributed by atoms with Gasteiger partial charge in [0.15, 0.2) is 0 Å². The van der Waals surface area contributed by atoms with E-state index in [1.165, 1.54) is 43.5 Å². The monoisotopic (exact) mass is 450 g/mol. The molecule has 1 fully saturated rings. The fourth-order valence-electron chi connectivity index (χ4n) is 3.92. The van der Waals surface area contributed by atoms with Crippen LogP contribution in [0.2, 0.25) is 0 Å². The zero-order chi connectivity index (χ0) is 22.9. The van der Waals surface area contributed by atoms with E-state index in [1.807, 2.05) is 0 Å². The molecule has 0 bridgehead atoms. The topological polar surface area (TPSA) is 108 Å². The molecule has 0 radical (unpaired) electrons. The number of fused-ring (bicyclic) bond motifs is 1. The van der Waals surface area contributed by atoms with E-state index in [-0.39, 0.29) is 41.9 Å². The van der Waals surface area contributed by atoms with Crippen molar-refractivity contribution in [1.29, 1.82) is 0 Å². The average Bonchev–Trinajstić information content (AvgIpc) is 3.13. The lowest BCUT2D eigenvalue weighted by Crippen LogP contribution is -2.45. The second kappa shape index (κ2) is 8.65. The largest absolute Gasteiger partial charge is 0.465 e. The van der Waals surface area contributed by atoms with E-state index < -0.39 is 42.3 Å². The molecule has 3 heterocycles. The lowest BCUT2D eigenvalue weighted by Gasteiger charge is -2.35. The van der Waals surface area contributed by atoms with Crippen molar-refractivity contribution in [1.82, 2.24) is 4.98 Å². The number of nitrogens with zero attached hydrogens (tertiary/aromatic N) is 2. The summed E-state index contributed by atoms with van der Waals surface area (Å²) in [6.45, 7) is 0.379. The number of carbonyl (C=O) groups is 1. The summed E-state index contributed by atoms with van der Waals surface area (Å²) in [7, 11) is 0. The zero-order valence-corrected chi connectivity index (χ0v) is 17.1. The second-order valence-electron chi connectivity index (χ2n) is 7.48. The molecule has 0 aliphatic carbocycles. The normalized spacial score (nSPS) is 25.3. The Labute approximate surface area is 181 Å². The Bertz CT molecular complexity index is 1030. The Kier molecular flexibility index (Phi) is 5.92. The van der Waals surface area contributed by atoms with Gasteiger partial charge < -0.3 is 25.3 Å². The SMILES string of the molecule is CC(F)Oc1ccc(C(=O)Nc2ccc(F)c(C34COC(CF)C3COC(N)=N4)c2)nc1. The number of rotatable bonds is 6. The second-order valence-corrected chi connectivity index (χ2v) is 7.48. The highest BCUT2D eigenvalue weighted by Gasteiger charge is 2.55. The molecule has 0 saturated carbocycles. The number of anilines is 1. The molecule has 1 aromatic heterocycles. The summed E-state index contributed by atoms with van der Waals surface area (Å²) in [4.78, 5) is 20.8. The van der Waals surface area contributed by atoms with Gasteiger partial charge in [0.25, 0.3) is 11.9 Å². The first-order valence-corrected chi connectivity index (χ1v) is 9.86. The van der Waals surface area contributed by atoms with Gasteiger partial charge in [0.1, 0.15) is 29.5 Å². The zero-order valence-electron chi connectivity index (χ0n) is 17.1. The fourth-order valence-corrected chi connectivity index (χ4v) is 3.92. The first kappa shape index (κ1) is 21.9. The van der Waals surface area contributed by atoms with Gasteiger partial charge in [-0.1, -0.05) is 0 Å². The van der Waals surface area contributed by atoms with Gasteiger partial charge in [0, 0.05) is 18.2 Å². The smallest absolute Gasteiger partial charge is 0.282 e. The number of benzene rings is 1. The molecule has 1 amide bonds. The number of aliphatic imine (C=N–C) groups is 1. The third kappa shape index (κ3) is 4.07. The van der Waals surface area contributed by atoms with Crippen molar-refractivity contribution < 1.29 is 32.2 Å². The molecule has 32 heavy (non-hydrogen) atoms. The van der Waals surface area contributed by atoms with Crippen LogP contribution >= 0.6 is 0 Å². The Morgan fingerprint density at radius 2 is 2.22 bits per heavy atom. The van der Waals surface area contributed by atoms with Crippen molar-refractivity contribution in [2.45, 2.75) is 24.9 Å². The van der Waals surface area contributed by atoms with Crippen molar-refractivity contribution >= 4 is 17.6 Å². The first-order valence-electron chi connectivity index (χ1n) is 9.86. The van der Waals surface area contributed by atoms with Crippen LogP contribution in [0.3, 0.4) is 0 Å². The van der Waals surface area contributed by atoms with Crippen molar-refractivity contribution in [3.63, 3.8) is 0 Å². The molecule has 11 heteroatoms. The summed E-state index contributed by atoms with van der Waals surface area (Å²) in [5.74, 6) is -1.60. The lowest BCUT2D eigenvalue weighted by atomic mass is 9.78. The number of alkyl halides is 2. The van der Waals surface area contributed by atoms with Gasteiger partial charge >= 0.3 is 0 Å². The van der Waals surface area contributed by atoms with E-state index in [0.717, 1.165) is 0 Å². The summed E-state index contributed by atoms with van der Waals surface area (Å²) >= 11 is 0. The number of amides is 1. The van der Waals surface area contributed by atoms with Gasteiger partial charge in [-0.2, -0.15) is 0 Å². The summed E-state index contributed by atoms with van der Waals surface area (Å²) in [6.07, 6.45) is -1.12. The van der Waals surface area contributed by atoms with Crippen LogP contribution in [0.25, 0.3) is 0 Å². The molecule has 2 aliphatic heterocycles. The van der Waals surface area contributed by atoms with Crippen LogP contribution in [0, 0.1) is 11.7 Å². The minimum absolute atomic E-state index is 0.0236. The van der Waals surface area contributed by atoms with Crippen LogP contribution in [-0.4, -0.2) is 49.3 Å². The molecular formula is C21H21F3N4O4. The van der Waals surface area contributed by atoms with Crippen LogP contribution in [0.4, 0.5) is 18.9 Å². The molecule has 2 aliphatic rings. The number of hydrogen-bond donors (Lipinski definition) is 2. The molecule has 8 nitrogen and oxygen atoms in total. The maximum Gasteiger partial charge on any atom is 0.282 e. The van der Waals surface area contributed by atoms with Gasteiger partial charge in [0.2, 0.25) is 6.36 Å².